The number of hydrogen-bond donors (Lipinski definition) is 18. The highest BCUT2D eigenvalue weighted by Crippen LogP contribution is 2.39. The third-order valence-electron chi connectivity index (χ3n) is 15.3. The number of carboxylic acids is 1. The Morgan fingerprint density at radius 3 is 1.79 bits per heavy atom. The summed E-state index contributed by atoms with van der Waals surface area (Å²) in [6.45, 7) is 2.57. The Bertz CT molecular complexity index is 2430. The molecule has 5 aliphatic heterocycles. The lowest BCUT2D eigenvalue weighted by Crippen LogP contribution is -2.71. The van der Waals surface area contributed by atoms with Gasteiger partial charge in [-0.15, -0.1) is 0 Å². The third-order valence-corrected chi connectivity index (χ3v) is 15.3. The van der Waals surface area contributed by atoms with Gasteiger partial charge in [-0.3, -0.25) is 43.2 Å². The predicted molar refractivity (Wildman–Crippen MR) is 280 cm³/mol. The molecule has 5 heterocycles. The van der Waals surface area contributed by atoms with Crippen molar-refractivity contribution in [2.45, 2.75) is 214 Å². The summed E-state index contributed by atoms with van der Waals surface area (Å²) in [6.07, 6.45) is -29.2. The Morgan fingerprint density at radius 1 is 0.674 bits per heavy atom. The molecule has 12 unspecified atom stereocenters. The van der Waals surface area contributed by atoms with Gasteiger partial charge in [-0.05, 0) is 46.5 Å². The average Bonchev–Trinajstić information content (AvgIpc) is 1.04. The van der Waals surface area contributed by atoms with E-state index in [9.17, 15) is 104 Å². The van der Waals surface area contributed by atoms with E-state index in [1.165, 1.54) is 23.6 Å². The molecule has 0 spiro atoms. The van der Waals surface area contributed by atoms with E-state index in [2.05, 4.69) is 31.9 Å². The molecule has 5 fully saturated rings. The summed E-state index contributed by atoms with van der Waals surface area (Å²) in [7, 11) is 0. The van der Waals surface area contributed by atoms with E-state index in [0.29, 0.717) is 12.8 Å². The van der Waals surface area contributed by atoms with Crippen molar-refractivity contribution in [3.8, 4) is 0 Å². The van der Waals surface area contributed by atoms with E-state index in [1.54, 1.807) is 0 Å². The van der Waals surface area contributed by atoms with E-state index in [0.717, 1.165) is 27.7 Å². The minimum atomic E-state index is -3.22. The molecule has 86 heavy (non-hydrogen) atoms. The molecular weight excluding hydrogens is 1160 g/mol. The molecule has 488 valence electrons. The van der Waals surface area contributed by atoms with Gasteiger partial charge in [-0.25, -0.2) is 4.79 Å². The monoisotopic (exact) mass is 1240 g/mol. The fraction of sp³-hybridized carbons (Fsp3) is 0.800. The van der Waals surface area contributed by atoms with Crippen LogP contribution in [0.25, 0.3) is 0 Å². The van der Waals surface area contributed by atoms with Crippen molar-refractivity contribution >= 4 is 59.1 Å². The van der Waals surface area contributed by atoms with Gasteiger partial charge < -0.3 is 132 Å². The number of amides is 9. The van der Waals surface area contributed by atoms with Gasteiger partial charge in [0.05, 0.1) is 44.7 Å². The van der Waals surface area contributed by atoms with Crippen LogP contribution < -0.4 is 37.6 Å². The number of aliphatic hydroxyl groups excluding tert-OH is 10. The van der Waals surface area contributed by atoms with Gasteiger partial charge in [-0.1, -0.05) is 0 Å². The Balaban J connectivity index is 1.44. The highest BCUT2D eigenvalue weighted by Gasteiger charge is 2.61. The SMILES string of the molecule is CC(=O)NC(CO)C(=O)NC(C(=O)NC(C)C(=O)N1CCCC1C(=O)N1CCCC1C(=O)NC(C)C(N)=O)C(C)O[C@H]1OC(CO)[C@H](O)[C@H](O[C@@H]2OC(CO)[C@H](O)[C@H](O[C@]3(C(=O)O)C[C@@H](O)[C@@H](NC(C)=O)C([C@H](O)[C@H](O)CO)O3)C2O)C1NC(C)=O. The van der Waals surface area contributed by atoms with Crippen molar-refractivity contribution in [3.63, 3.8) is 0 Å². The highest BCUT2D eigenvalue weighted by atomic mass is 16.8. The first-order valence-corrected chi connectivity index (χ1v) is 27.7. The number of carboxylic acid groups (broad SMARTS) is 1. The van der Waals surface area contributed by atoms with Gasteiger partial charge in [0, 0.05) is 40.3 Å². The largest absolute Gasteiger partial charge is 0.477 e. The predicted octanol–water partition coefficient (Wildman–Crippen LogP) is -11.2. The number of nitrogens with two attached hydrogens (primary N) is 1. The Kier molecular flexibility index (Phi) is 25.4. The maximum Gasteiger partial charge on any atom is 0.364 e. The zero-order chi connectivity index (χ0) is 64.4. The zero-order valence-corrected chi connectivity index (χ0v) is 47.9. The summed E-state index contributed by atoms with van der Waals surface area (Å²) in [5.74, 6) is -13.0. The first-order valence-electron chi connectivity index (χ1n) is 27.7. The summed E-state index contributed by atoms with van der Waals surface area (Å²) in [5, 5.41) is 133. The van der Waals surface area contributed by atoms with E-state index >= 15 is 0 Å². The van der Waals surface area contributed by atoms with Gasteiger partial charge in [-0.2, -0.15) is 0 Å². The quantitative estimate of drug-likeness (QED) is 0.0382. The van der Waals surface area contributed by atoms with Crippen molar-refractivity contribution < 1.29 is 133 Å². The fourth-order valence-electron chi connectivity index (χ4n) is 10.8. The molecule has 0 aliphatic carbocycles. The Morgan fingerprint density at radius 2 is 1.24 bits per heavy atom. The van der Waals surface area contributed by atoms with Crippen LogP contribution in [0.2, 0.25) is 0 Å². The maximum absolute atomic E-state index is 14.5. The number of aliphatic carboxylic acids is 1. The first kappa shape index (κ1) is 70.8. The van der Waals surface area contributed by atoms with Crippen molar-refractivity contribution in [3.05, 3.63) is 0 Å². The molecule has 0 bridgehead atoms. The van der Waals surface area contributed by atoms with Crippen LogP contribution >= 0.6 is 0 Å². The van der Waals surface area contributed by atoms with Crippen molar-refractivity contribution in [1.82, 2.24) is 41.7 Å². The summed E-state index contributed by atoms with van der Waals surface area (Å²) in [6, 6.07) is -11.8. The van der Waals surface area contributed by atoms with Gasteiger partial charge in [0.15, 0.2) is 12.6 Å². The summed E-state index contributed by atoms with van der Waals surface area (Å²) in [4.78, 5) is 134. The van der Waals surface area contributed by atoms with Crippen LogP contribution in [0.1, 0.15) is 73.6 Å². The van der Waals surface area contributed by atoms with Crippen LogP contribution in [0.5, 0.6) is 0 Å². The minimum Gasteiger partial charge on any atom is -0.477 e. The van der Waals surface area contributed by atoms with Crippen LogP contribution in [0.4, 0.5) is 0 Å². The molecule has 0 saturated carbocycles. The number of nitrogens with one attached hydrogen (secondary N) is 6. The number of rotatable bonds is 26. The number of aliphatic hydroxyl groups is 10. The molecule has 0 aromatic rings. The Hall–Kier alpha value is -5.94. The smallest absolute Gasteiger partial charge is 0.364 e. The summed E-state index contributed by atoms with van der Waals surface area (Å²) >= 11 is 0. The van der Waals surface area contributed by atoms with E-state index in [4.69, 9.17) is 34.2 Å². The van der Waals surface area contributed by atoms with Crippen LogP contribution in [0.15, 0.2) is 0 Å². The van der Waals surface area contributed by atoms with Crippen molar-refractivity contribution in [2.24, 2.45) is 5.73 Å². The molecule has 5 rings (SSSR count). The number of carbonyl (C=O) groups is 10. The van der Waals surface area contributed by atoms with Gasteiger partial charge in [0.1, 0.15) is 103 Å². The highest BCUT2D eigenvalue weighted by molar-refractivity contribution is 5.97. The van der Waals surface area contributed by atoms with Crippen LogP contribution in [0, 0.1) is 0 Å². The molecule has 19 N–H and O–H groups in total. The molecule has 36 nitrogen and oxygen atoms in total. The third kappa shape index (κ3) is 16.6. The summed E-state index contributed by atoms with van der Waals surface area (Å²) < 4.78 is 35.2. The average molecular weight is 1240 g/mol. The molecule has 5 saturated heterocycles. The van der Waals surface area contributed by atoms with E-state index in [-0.39, 0.29) is 25.9 Å². The van der Waals surface area contributed by atoms with Crippen LogP contribution in [-0.4, -0.2) is 305 Å². The second kappa shape index (κ2) is 30.8. The van der Waals surface area contributed by atoms with Gasteiger partial charge in [0.25, 0.3) is 5.79 Å². The number of hydrogen-bond acceptors (Lipinski definition) is 26. The number of likely N-dealkylation sites (tertiary alicyclic amines) is 2. The number of carbonyl (C=O) groups excluding carboxylic acids is 9. The second-order valence-corrected chi connectivity index (χ2v) is 21.7. The van der Waals surface area contributed by atoms with Gasteiger partial charge >= 0.3 is 5.97 Å². The first-order chi connectivity index (χ1) is 40.4. The lowest BCUT2D eigenvalue weighted by Gasteiger charge is -2.51. The number of primary amides is 1. The number of ether oxygens (including phenoxy) is 6. The maximum atomic E-state index is 14.5. The molecule has 9 amide bonds. The lowest BCUT2D eigenvalue weighted by atomic mass is 9.88. The normalized spacial score (nSPS) is 33.6. The Labute approximate surface area is 491 Å². The molecule has 0 aromatic heterocycles. The standard InChI is InChI=1S/C50H81N9O27/c1-18(41(51)73)52-43(75)25-9-7-11-58(25)46(78)26-10-8-12-59(26)45(77)19(2)53-44(76)31(57-42(74)24(14-60)54-21(4)64)20(3)81-47-33(56-23(6)66)38(35(70)29(16-62)82-47)84-48-37(72)40(36(71)30(17-63)83-48)86-50(49(79)80)13-27(67)32(55-22(5)65)39(85-50)34(69)28(68)15-61/h18-20,24-40,47-48,60-63,67-72H,7-17H2,1-6H3,(H2,51,73)(H,52,75)(H,53,76)(H,54,64)(H,55,65)(H,56,66)(H,57,74)(H,79,80)/t18?,19?,20?,24?,25?,26?,27-,28-,29?,30?,31?,32-,33?,34-,35+,36+,37?,38-,39?,40+,47+,48+,50+/m1/s1. The van der Waals surface area contributed by atoms with E-state index < -0.39 is 232 Å². The zero-order valence-electron chi connectivity index (χ0n) is 47.9. The minimum absolute atomic E-state index is 0.0302. The second-order valence-electron chi connectivity index (χ2n) is 21.7. The molecular formula is C50H81N9O27. The molecule has 5 aliphatic rings. The molecule has 23 atom stereocenters. The summed E-state index contributed by atoms with van der Waals surface area (Å²) in [5.41, 5.74) is 5.31. The van der Waals surface area contributed by atoms with Crippen LogP contribution in [0.3, 0.4) is 0 Å². The molecule has 0 aromatic carbocycles. The molecule has 0 radical (unpaired) electrons. The van der Waals surface area contributed by atoms with Crippen molar-refractivity contribution in [2.75, 3.05) is 39.5 Å². The fourth-order valence-corrected chi connectivity index (χ4v) is 10.8. The number of nitrogens with zero attached hydrogens (tertiary/aromatic N) is 2. The van der Waals surface area contributed by atoms with E-state index in [1.807, 2.05) is 0 Å². The van der Waals surface area contributed by atoms with Crippen molar-refractivity contribution in [1.29, 1.82) is 0 Å². The topological polar surface area (TPSA) is 553 Å². The molecule has 36 heteroatoms. The van der Waals surface area contributed by atoms with Crippen LogP contribution in [-0.2, 0) is 76.4 Å². The van der Waals surface area contributed by atoms with Gasteiger partial charge in [0.2, 0.25) is 53.2 Å². The lowest BCUT2D eigenvalue weighted by molar-refractivity contribution is -0.382.